The summed E-state index contributed by atoms with van der Waals surface area (Å²) in [6, 6.07) is 5.23. The predicted octanol–water partition coefficient (Wildman–Crippen LogP) is 3.07. The molecule has 0 spiro atoms. The normalized spacial score (nSPS) is 24.4. The van der Waals surface area contributed by atoms with Gasteiger partial charge >= 0.3 is 0 Å². The summed E-state index contributed by atoms with van der Waals surface area (Å²) < 4.78 is 5.66. The summed E-state index contributed by atoms with van der Waals surface area (Å²) in [6.45, 7) is 5.34. The molecule has 1 aliphatic heterocycles. The van der Waals surface area contributed by atoms with Crippen LogP contribution in [0.2, 0.25) is 10.0 Å². The topological polar surface area (TPSA) is 32.7 Å². The number of nitrogens with zero attached hydrogens (tertiary/aromatic N) is 1. The maximum Gasteiger partial charge on any atom is 0.138 e. The Hall–Kier alpha value is -0.480. The van der Waals surface area contributed by atoms with Crippen molar-refractivity contribution in [2.45, 2.75) is 19.4 Å². The van der Waals surface area contributed by atoms with Crippen molar-refractivity contribution in [3.05, 3.63) is 28.2 Å². The fraction of sp³-hybridized carbons (Fsp3) is 0.571. The van der Waals surface area contributed by atoms with E-state index in [9.17, 15) is 5.11 Å². The fourth-order valence-electron chi connectivity index (χ4n) is 2.30. The zero-order chi connectivity index (χ0) is 13.8. The van der Waals surface area contributed by atoms with E-state index in [1.807, 2.05) is 0 Å². The van der Waals surface area contributed by atoms with E-state index in [2.05, 4.69) is 11.8 Å². The number of aliphatic hydroxyl groups excluding tert-OH is 1. The summed E-state index contributed by atoms with van der Waals surface area (Å²) in [6.07, 6.45) is 0.672. The van der Waals surface area contributed by atoms with Gasteiger partial charge in [0.1, 0.15) is 12.4 Å². The number of hydrogen-bond acceptors (Lipinski definition) is 3. The predicted molar refractivity (Wildman–Crippen MR) is 78.2 cm³/mol. The van der Waals surface area contributed by atoms with Gasteiger partial charge in [-0.1, -0.05) is 30.1 Å². The summed E-state index contributed by atoms with van der Waals surface area (Å²) in [5, 5.41) is 10.8. The SMILES string of the molecule is CC1CN(CCOc2ccc(Cl)cc2Cl)CCC1O. The Kier molecular flexibility index (Phi) is 5.34. The lowest BCUT2D eigenvalue weighted by Gasteiger charge is -2.34. The summed E-state index contributed by atoms with van der Waals surface area (Å²) in [5.41, 5.74) is 0. The molecule has 1 saturated heterocycles. The summed E-state index contributed by atoms with van der Waals surface area (Å²) >= 11 is 11.9. The molecule has 0 bridgehead atoms. The molecule has 3 nitrogen and oxygen atoms in total. The number of halogens is 2. The maximum atomic E-state index is 9.67. The number of benzene rings is 1. The third-order valence-corrected chi connectivity index (χ3v) is 4.03. The lowest BCUT2D eigenvalue weighted by molar-refractivity contribution is 0.0304. The van der Waals surface area contributed by atoms with Crippen LogP contribution in [0.25, 0.3) is 0 Å². The van der Waals surface area contributed by atoms with Gasteiger partial charge in [-0.15, -0.1) is 0 Å². The van der Waals surface area contributed by atoms with Crippen LogP contribution in [0.5, 0.6) is 5.75 Å². The van der Waals surface area contributed by atoms with Gasteiger partial charge in [-0.25, -0.2) is 0 Å². The van der Waals surface area contributed by atoms with E-state index < -0.39 is 0 Å². The van der Waals surface area contributed by atoms with Crippen molar-refractivity contribution in [2.75, 3.05) is 26.2 Å². The number of hydrogen-bond donors (Lipinski definition) is 1. The molecule has 1 N–H and O–H groups in total. The molecule has 0 amide bonds. The van der Waals surface area contributed by atoms with Gasteiger partial charge in [0.2, 0.25) is 0 Å². The van der Waals surface area contributed by atoms with Crippen molar-refractivity contribution < 1.29 is 9.84 Å². The third-order valence-electron chi connectivity index (χ3n) is 3.50. The Balaban J connectivity index is 1.77. The van der Waals surface area contributed by atoms with Gasteiger partial charge in [0.25, 0.3) is 0 Å². The zero-order valence-corrected chi connectivity index (χ0v) is 12.5. The van der Waals surface area contributed by atoms with Gasteiger partial charge in [-0.2, -0.15) is 0 Å². The Morgan fingerprint density at radius 3 is 2.89 bits per heavy atom. The van der Waals surface area contributed by atoms with Crippen LogP contribution in [0.1, 0.15) is 13.3 Å². The Labute approximate surface area is 124 Å². The van der Waals surface area contributed by atoms with Gasteiger partial charge < -0.3 is 9.84 Å². The molecule has 2 unspecified atom stereocenters. The minimum Gasteiger partial charge on any atom is -0.491 e. The summed E-state index contributed by atoms with van der Waals surface area (Å²) in [7, 11) is 0. The van der Waals surface area contributed by atoms with Crippen LogP contribution in [0, 0.1) is 5.92 Å². The number of ether oxygens (including phenoxy) is 1. The fourth-order valence-corrected chi connectivity index (χ4v) is 2.76. The number of piperidine rings is 1. The number of likely N-dealkylation sites (tertiary alicyclic amines) is 1. The van der Waals surface area contributed by atoms with Crippen molar-refractivity contribution in [3.63, 3.8) is 0 Å². The van der Waals surface area contributed by atoms with Crippen LogP contribution in [0.3, 0.4) is 0 Å². The van der Waals surface area contributed by atoms with Crippen LogP contribution >= 0.6 is 23.2 Å². The van der Waals surface area contributed by atoms with Crippen molar-refractivity contribution in [1.29, 1.82) is 0 Å². The monoisotopic (exact) mass is 303 g/mol. The highest BCUT2D eigenvalue weighted by molar-refractivity contribution is 6.35. The molecule has 0 aliphatic carbocycles. The smallest absolute Gasteiger partial charge is 0.138 e. The number of aliphatic hydroxyl groups is 1. The molecule has 19 heavy (non-hydrogen) atoms. The summed E-state index contributed by atoms with van der Waals surface area (Å²) in [5.74, 6) is 0.990. The second kappa shape index (κ2) is 6.80. The van der Waals surface area contributed by atoms with E-state index in [1.165, 1.54) is 0 Å². The lowest BCUT2D eigenvalue weighted by atomic mass is 9.97. The highest BCUT2D eigenvalue weighted by atomic mass is 35.5. The van der Waals surface area contributed by atoms with E-state index in [4.69, 9.17) is 27.9 Å². The van der Waals surface area contributed by atoms with E-state index >= 15 is 0 Å². The Morgan fingerprint density at radius 1 is 1.42 bits per heavy atom. The van der Waals surface area contributed by atoms with Gasteiger partial charge in [0.15, 0.2) is 0 Å². The van der Waals surface area contributed by atoms with Gasteiger partial charge in [-0.05, 0) is 30.5 Å². The Bertz CT molecular complexity index is 428. The van der Waals surface area contributed by atoms with Crippen LogP contribution in [0.4, 0.5) is 0 Å². The van der Waals surface area contributed by atoms with Crippen molar-refractivity contribution in [1.82, 2.24) is 4.90 Å². The van der Waals surface area contributed by atoms with E-state index in [0.717, 1.165) is 26.1 Å². The Morgan fingerprint density at radius 2 is 2.21 bits per heavy atom. The molecule has 106 valence electrons. The maximum absolute atomic E-state index is 9.67. The third kappa shape index (κ3) is 4.25. The second-order valence-electron chi connectivity index (χ2n) is 5.06. The first kappa shape index (κ1) is 14.9. The average Bonchev–Trinajstić information content (AvgIpc) is 2.36. The first-order valence-corrected chi connectivity index (χ1v) is 7.30. The molecular formula is C14H19Cl2NO2. The molecule has 1 heterocycles. The average molecular weight is 304 g/mol. The summed E-state index contributed by atoms with van der Waals surface area (Å²) in [4.78, 5) is 2.31. The van der Waals surface area contributed by atoms with E-state index in [-0.39, 0.29) is 6.10 Å². The van der Waals surface area contributed by atoms with Crippen LogP contribution in [-0.2, 0) is 0 Å². The second-order valence-corrected chi connectivity index (χ2v) is 5.90. The minimum absolute atomic E-state index is 0.164. The van der Waals surface area contributed by atoms with E-state index in [1.54, 1.807) is 18.2 Å². The first-order chi connectivity index (χ1) is 9.06. The molecule has 0 radical (unpaired) electrons. The van der Waals surface area contributed by atoms with Crippen molar-refractivity contribution >= 4 is 23.2 Å². The molecule has 2 rings (SSSR count). The van der Waals surface area contributed by atoms with Crippen molar-refractivity contribution in [2.24, 2.45) is 5.92 Å². The quantitative estimate of drug-likeness (QED) is 0.928. The zero-order valence-electron chi connectivity index (χ0n) is 11.0. The highest BCUT2D eigenvalue weighted by Crippen LogP contribution is 2.27. The molecule has 2 atom stereocenters. The standard InChI is InChI=1S/C14H19Cl2NO2/c1-10-9-17(5-4-13(10)18)6-7-19-14-3-2-11(15)8-12(14)16/h2-3,8,10,13,18H,4-7,9H2,1H3. The molecule has 1 aromatic carbocycles. The first-order valence-electron chi connectivity index (χ1n) is 6.54. The molecule has 1 fully saturated rings. The molecule has 1 aliphatic rings. The van der Waals surface area contributed by atoms with E-state index in [0.29, 0.717) is 28.3 Å². The lowest BCUT2D eigenvalue weighted by Crippen LogP contribution is -2.43. The number of rotatable bonds is 4. The molecule has 1 aromatic rings. The molecule has 5 heteroatoms. The largest absolute Gasteiger partial charge is 0.491 e. The van der Waals surface area contributed by atoms with Gasteiger partial charge in [-0.3, -0.25) is 4.90 Å². The van der Waals surface area contributed by atoms with Gasteiger partial charge in [0, 0.05) is 24.7 Å². The van der Waals surface area contributed by atoms with Crippen LogP contribution < -0.4 is 4.74 Å². The van der Waals surface area contributed by atoms with Crippen LogP contribution in [0.15, 0.2) is 18.2 Å². The molecular weight excluding hydrogens is 285 g/mol. The molecule has 0 saturated carbocycles. The minimum atomic E-state index is -0.164. The van der Waals surface area contributed by atoms with Crippen molar-refractivity contribution in [3.8, 4) is 5.75 Å². The van der Waals surface area contributed by atoms with Gasteiger partial charge in [0.05, 0.1) is 11.1 Å². The van der Waals surface area contributed by atoms with Crippen LogP contribution in [-0.4, -0.2) is 42.4 Å². The highest BCUT2D eigenvalue weighted by Gasteiger charge is 2.23. The molecule has 0 aromatic heterocycles.